The standard InChI is InChI=1S/C7H12O4/c1-3-11-6(9)4-7(2,10)5-8/h5,10H,3-4H2,1-2H3. The van der Waals surface area contributed by atoms with Crippen molar-refractivity contribution in [1.29, 1.82) is 0 Å². The molecule has 0 bridgehead atoms. The number of ether oxygens (including phenoxy) is 1. The quantitative estimate of drug-likeness (QED) is 0.460. The van der Waals surface area contributed by atoms with Gasteiger partial charge < -0.3 is 14.6 Å². The monoisotopic (exact) mass is 160 g/mol. The number of carbonyl (C=O) groups excluding carboxylic acids is 2. The van der Waals surface area contributed by atoms with Crippen LogP contribution in [0.4, 0.5) is 0 Å². The summed E-state index contributed by atoms with van der Waals surface area (Å²) in [7, 11) is 0. The van der Waals surface area contributed by atoms with Crippen LogP contribution in [0.5, 0.6) is 0 Å². The van der Waals surface area contributed by atoms with Gasteiger partial charge in [-0.2, -0.15) is 0 Å². The summed E-state index contributed by atoms with van der Waals surface area (Å²) in [5, 5.41) is 9.05. The minimum atomic E-state index is -1.59. The molecule has 64 valence electrons. The topological polar surface area (TPSA) is 63.6 Å². The Balaban J connectivity index is 3.83. The highest BCUT2D eigenvalue weighted by atomic mass is 16.5. The lowest BCUT2D eigenvalue weighted by molar-refractivity contribution is -0.150. The predicted molar refractivity (Wildman–Crippen MR) is 37.9 cm³/mol. The largest absolute Gasteiger partial charge is 0.466 e. The molecule has 1 N–H and O–H groups in total. The van der Waals surface area contributed by atoms with Crippen LogP contribution in [0.25, 0.3) is 0 Å². The number of aldehydes is 1. The summed E-state index contributed by atoms with van der Waals surface area (Å²) in [5.41, 5.74) is -1.59. The van der Waals surface area contributed by atoms with Crippen molar-refractivity contribution in [1.82, 2.24) is 0 Å². The lowest BCUT2D eigenvalue weighted by Gasteiger charge is -2.13. The second-order valence-corrected chi connectivity index (χ2v) is 2.46. The number of esters is 1. The molecular formula is C7H12O4. The van der Waals surface area contributed by atoms with Gasteiger partial charge in [0.15, 0.2) is 6.29 Å². The first-order chi connectivity index (χ1) is 5.02. The second-order valence-electron chi connectivity index (χ2n) is 2.46. The molecule has 0 aliphatic rings. The van der Waals surface area contributed by atoms with Crippen molar-refractivity contribution in [2.24, 2.45) is 0 Å². The molecule has 0 aromatic rings. The lowest BCUT2D eigenvalue weighted by atomic mass is 10.1. The van der Waals surface area contributed by atoms with Crippen molar-refractivity contribution in [2.75, 3.05) is 6.61 Å². The van der Waals surface area contributed by atoms with Gasteiger partial charge in [-0.05, 0) is 13.8 Å². The minimum Gasteiger partial charge on any atom is -0.466 e. The highest BCUT2D eigenvalue weighted by Crippen LogP contribution is 2.05. The van der Waals surface area contributed by atoms with Crippen LogP contribution in [0.2, 0.25) is 0 Å². The molecular weight excluding hydrogens is 148 g/mol. The fraction of sp³-hybridized carbons (Fsp3) is 0.714. The zero-order valence-corrected chi connectivity index (χ0v) is 6.66. The number of hydrogen-bond acceptors (Lipinski definition) is 4. The Hall–Kier alpha value is -0.900. The summed E-state index contributed by atoms with van der Waals surface area (Å²) in [6.45, 7) is 3.18. The summed E-state index contributed by atoms with van der Waals surface area (Å²) < 4.78 is 4.52. The lowest BCUT2D eigenvalue weighted by Crippen LogP contribution is -2.30. The molecule has 4 nitrogen and oxygen atoms in total. The Morgan fingerprint density at radius 3 is 2.64 bits per heavy atom. The Labute approximate surface area is 65.2 Å². The molecule has 0 rings (SSSR count). The zero-order chi connectivity index (χ0) is 8.91. The summed E-state index contributed by atoms with van der Waals surface area (Å²) in [4.78, 5) is 20.8. The van der Waals surface area contributed by atoms with Crippen molar-refractivity contribution < 1.29 is 19.4 Å². The van der Waals surface area contributed by atoms with Crippen LogP contribution in [0, 0.1) is 0 Å². The van der Waals surface area contributed by atoms with E-state index in [2.05, 4.69) is 4.74 Å². The van der Waals surface area contributed by atoms with Crippen molar-refractivity contribution in [3.63, 3.8) is 0 Å². The van der Waals surface area contributed by atoms with E-state index in [0.717, 1.165) is 0 Å². The van der Waals surface area contributed by atoms with Gasteiger partial charge in [0.05, 0.1) is 13.0 Å². The molecule has 0 aliphatic heterocycles. The van der Waals surface area contributed by atoms with Crippen molar-refractivity contribution in [3.8, 4) is 0 Å². The molecule has 0 saturated heterocycles. The van der Waals surface area contributed by atoms with Crippen LogP contribution < -0.4 is 0 Å². The van der Waals surface area contributed by atoms with E-state index < -0.39 is 11.6 Å². The smallest absolute Gasteiger partial charge is 0.309 e. The van der Waals surface area contributed by atoms with Gasteiger partial charge in [0.25, 0.3) is 0 Å². The Morgan fingerprint density at radius 1 is 1.73 bits per heavy atom. The Kier molecular flexibility index (Phi) is 3.74. The van der Waals surface area contributed by atoms with Gasteiger partial charge >= 0.3 is 5.97 Å². The number of hydrogen-bond donors (Lipinski definition) is 1. The van der Waals surface area contributed by atoms with E-state index in [4.69, 9.17) is 5.11 Å². The van der Waals surface area contributed by atoms with Gasteiger partial charge in [-0.25, -0.2) is 0 Å². The molecule has 0 heterocycles. The van der Waals surface area contributed by atoms with E-state index in [0.29, 0.717) is 6.29 Å². The highest BCUT2D eigenvalue weighted by molar-refractivity contribution is 5.77. The highest BCUT2D eigenvalue weighted by Gasteiger charge is 2.23. The first kappa shape index (κ1) is 10.1. The first-order valence-corrected chi connectivity index (χ1v) is 3.36. The molecule has 0 saturated carbocycles. The molecule has 0 spiro atoms. The van der Waals surface area contributed by atoms with E-state index >= 15 is 0 Å². The third-order valence-corrected chi connectivity index (χ3v) is 1.06. The summed E-state index contributed by atoms with van der Waals surface area (Å²) in [5.74, 6) is -0.565. The average Bonchev–Trinajstić information content (AvgIpc) is 1.87. The van der Waals surface area contributed by atoms with E-state index in [-0.39, 0.29) is 13.0 Å². The van der Waals surface area contributed by atoms with E-state index in [1.165, 1.54) is 6.92 Å². The minimum absolute atomic E-state index is 0.258. The fourth-order valence-corrected chi connectivity index (χ4v) is 0.546. The van der Waals surface area contributed by atoms with E-state index in [1.54, 1.807) is 6.92 Å². The second kappa shape index (κ2) is 4.08. The van der Waals surface area contributed by atoms with Crippen LogP contribution in [-0.2, 0) is 14.3 Å². The summed E-state index contributed by atoms with van der Waals surface area (Å²) in [6.07, 6.45) is 0.0360. The average molecular weight is 160 g/mol. The maximum atomic E-state index is 10.7. The third-order valence-electron chi connectivity index (χ3n) is 1.06. The molecule has 0 amide bonds. The van der Waals surface area contributed by atoms with E-state index in [1.807, 2.05) is 0 Å². The predicted octanol–water partition coefficient (Wildman–Crippen LogP) is -0.110. The van der Waals surface area contributed by atoms with Gasteiger partial charge in [0.2, 0.25) is 0 Å². The summed E-state index contributed by atoms with van der Waals surface area (Å²) in [6, 6.07) is 0. The van der Waals surface area contributed by atoms with Gasteiger partial charge in [-0.3, -0.25) is 4.79 Å². The molecule has 0 aromatic heterocycles. The van der Waals surface area contributed by atoms with Crippen molar-refractivity contribution in [3.05, 3.63) is 0 Å². The maximum Gasteiger partial charge on any atom is 0.309 e. The third kappa shape index (κ3) is 4.50. The molecule has 0 radical (unpaired) electrons. The summed E-state index contributed by atoms with van der Waals surface area (Å²) >= 11 is 0. The van der Waals surface area contributed by atoms with E-state index in [9.17, 15) is 9.59 Å². The molecule has 0 aliphatic carbocycles. The number of carbonyl (C=O) groups is 2. The molecule has 0 fully saturated rings. The molecule has 11 heavy (non-hydrogen) atoms. The van der Waals surface area contributed by atoms with Gasteiger partial charge in [-0.1, -0.05) is 0 Å². The van der Waals surface area contributed by atoms with Crippen molar-refractivity contribution >= 4 is 12.3 Å². The Morgan fingerprint density at radius 2 is 2.27 bits per heavy atom. The molecule has 0 aromatic carbocycles. The number of rotatable bonds is 4. The maximum absolute atomic E-state index is 10.7. The van der Waals surface area contributed by atoms with Crippen LogP contribution >= 0.6 is 0 Å². The zero-order valence-electron chi connectivity index (χ0n) is 6.66. The van der Waals surface area contributed by atoms with Crippen LogP contribution in [0.1, 0.15) is 20.3 Å². The Bertz CT molecular complexity index is 151. The molecule has 1 unspecified atom stereocenters. The fourth-order valence-electron chi connectivity index (χ4n) is 0.546. The first-order valence-electron chi connectivity index (χ1n) is 3.36. The SMILES string of the molecule is CCOC(=O)CC(C)(O)C=O. The normalized spacial score (nSPS) is 15.2. The van der Waals surface area contributed by atoms with Gasteiger partial charge in [-0.15, -0.1) is 0 Å². The van der Waals surface area contributed by atoms with Gasteiger partial charge in [0, 0.05) is 0 Å². The van der Waals surface area contributed by atoms with Crippen molar-refractivity contribution in [2.45, 2.75) is 25.9 Å². The molecule has 1 atom stereocenters. The van der Waals surface area contributed by atoms with Crippen LogP contribution in [0.3, 0.4) is 0 Å². The molecule has 4 heteroatoms. The van der Waals surface area contributed by atoms with Gasteiger partial charge in [0.1, 0.15) is 5.60 Å². The van der Waals surface area contributed by atoms with Crippen LogP contribution in [0.15, 0.2) is 0 Å². The van der Waals surface area contributed by atoms with Crippen LogP contribution in [-0.4, -0.2) is 29.6 Å². The number of aliphatic hydroxyl groups is 1.